The lowest BCUT2D eigenvalue weighted by atomic mass is 10.1. The highest BCUT2D eigenvalue weighted by molar-refractivity contribution is 7.08. The minimum absolute atomic E-state index is 0.0986. The lowest BCUT2D eigenvalue weighted by molar-refractivity contribution is -0.137. The van der Waals surface area contributed by atoms with E-state index in [-0.39, 0.29) is 6.54 Å². The molecule has 0 aliphatic rings. The van der Waals surface area contributed by atoms with Crippen LogP contribution in [0, 0.1) is 0 Å². The van der Waals surface area contributed by atoms with Crippen LogP contribution in [-0.2, 0) is 12.7 Å². The molecule has 11 heteroatoms. The van der Waals surface area contributed by atoms with Crippen molar-refractivity contribution < 1.29 is 18.0 Å². The molecule has 0 unspecified atom stereocenters. The molecule has 0 aliphatic heterocycles. The largest absolute Gasteiger partial charge is 0.416 e. The van der Waals surface area contributed by atoms with E-state index in [2.05, 4.69) is 20.3 Å². The fourth-order valence-corrected chi connectivity index (χ4v) is 4.19. The number of thiophene rings is 1. The highest BCUT2D eigenvalue weighted by Gasteiger charge is 2.30. The molecule has 2 aromatic carbocycles. The van der Waals surface area contributed by atoms with Crippen LogP contribution in [-0.4, -0.2) is 25.4 Å². The molecule has 0 saturated heterocycles. The van der Waals surface area contributed by atoms with E-state index < -0.39 is 17.6 Å². The van der Waals surface area contributed by atoms with E-state index >= 15 is 0 Å². The topological polar surface area (TPSA) is 98.7 Å². The second-order valence-electron chi connectivity index (χ2n) is 7.66. The molecule has 0 saturated carbocycles. The van der Waals surface area contributed by atoms with Crippen LogP contribution in [0.1, 0.15) is 21.5 Å². The molecule has 5 rings (SSSR count). The highest BCUT2D eigenvalue weighted by atomic mass is 32.1. The molecule has 5 aromatic rings. The summed E-state index contributed by atoms with van der Waals surface area (Å²) in [5.74, 6) is 0.180. The van der Waals surface area contributed by atoms with Crippen molar-refractivity contribution in [1.82, 2.24) is 19.5 Å². The molecule has 0 radical (unpaired) electrons. The highest BCUT2D eigenvalue weighted by Crippen LogP contribution is 2.30. The van der Waals surface area contributed by atoms with Gasteiger partial charge in [0, 0.05) is 23.1 Å². The van der Waals surface area contributed by atoms with Gasteiger partial charge in [0.25, 0.3) is 0 Å². The van der Waals surface area contributed by atoms with Gasteiger partial charge in [0.2, 0.25) is 5.91 Å². The van der Waals surface area contributed by atoms with Crippen LogP contribution in [0.2, 0.25) is 0 Å². The lowest BCUT2D eigenvalue weighted by Crippen LogP contribution is -2.10. The third-order valence-electron chi connectivity index (χ3n) is 5.32. The number of nitrogens with one attached hydrogen (secondary N) is 1. The Morgan fingerprint density at radius 1 is 1.09 bits per heavy atom. The van der Waals surface area contributed by atoms with Crippen molar-refractivity contribution >= 4 is 34.2 Å². The van der Waals surface area contributed by atoms with Gasteiger partial charge in [-0.2, -0.15) is 24.5 Å². The van der Waals surface area contributed by atoms with Crippen molar-refractivity contribution in [3.05, 3.63) is 88.4 Å². The molecule has 35 heavy (non-hydrogen) atoms. The Bertz CT molecular complexity index is 1510. The number of carbonyl (C=O) groups is 1. The maximum Gasteiger partial charge on any atom is 0.416 e. The zero-order valence-electron chi connectivity index (χ0n) is 18.0. The zero-order valence-corrected chi connectivity index (χ0v) is 18.8. The molecule has 1 amide bonds. The summed E-state index contributed by atoms with van der Waals surface area (Å²) >= 11 is 1.52. The van der Waals surface area contributed by atoms with E-state index in [9.17, 15) is 18.0 Å². The van der Waals surface area contributed by atoms with Gasteiger partial charge in [0.15, 0.2) is 22.8 Å². The van der Waals surface area contributed by atoms with Gasteiger partial charge in [-0.25, -0.2) is 15.0 Å². The van der Waals surface area contributed by atoms with Crippen LogP contribution in [0.5, 0.6) is 0 Å². The number of rotatable bonds is 6. The number of fused-ring (bicyclic) bond motifs is 1. The summed E-state index contributed by atoms with van der Waals surface area (Å²) in [6.45, 7) is 0.0986. The maximum absolute atomic E-state index is 13.1. The van der Waals surface area contributed by atoms with Gasteiger partial charge >= 0.3 is 6.18 Å². The fraction of sp³-hybridized carbons (Fsp3) is 0.0833. The Balaban J connectivity index is 1.56. The van der Waals surface area contributed by atoms with E-state index in [1.165, 1.54) is 17.4 Å². The average molecular weight is 495 g/mol. The number of anilines is 1. The Morgan fingerprint density at radius 3 is 2.57 bits per heavy atom. The first kappa shape index (κ1) is 22.5. The first-order chi connectivity index (χ1) is 16.8. The summed E-state index contributed by atoms with van der Waals surface area (Å²) in [7, 11) is 0. The van der Waals surface area contributed by atoms with E-state index in [4.69, 9.17) is 5.73 Å². The molecule has 0 bridgehead atoms. The lowest BCUT2D eigenvalue weighted by Gasteiger charge is -2.11. The van der Waals surface area contributed by atoms with Crippen molar-refractivity contribution in [3.63, 3.8) is 0 Å². The number of hydrogen-bond donors (Lipinski definition) is 2. The SMILES string of the molecule is NC(=O)c1ccc(-c2nc(NCc3cccc(C(F)(F)F)c3)c3ncn(-c4ccsc4)c3n2)cc1. The molecule has 0 fully saturated rings. The van der Waals surface area contributed by atoms with Gasteiger partial charge < -0.3 is 11.1 Å². The summed E-state index contributed by atoms with van der Waals surface area (Å²) in [6, 6.07) is 13.5. The number of primary amides is 1. The third kappa shape index (κ3) is 4.58. The molecule has 0 atom stereocenters. The Kier molecular flexibility index (Phi) is 5.69. The van der Waals surface area contributed by atoms with Crippen LogP contribution < -0.4 is 11.1 Å². The van der Waals surface area contributed by atoms with Gasteiger partial charge in [-0.1, -0.05) is 24.3 Å². The number of nitrogens with zero attached hydrogens (tertiary/aromatic N) is 4. The maximum atomic E-state index is 13.1. The third-order valence-corrected chi connectivity index (χ3v) is 5.99. The van der Waals surface area contributed by atoms with Crippen LogP contribution in [0.15, 0.2) is 71.7 Å². The number of hydrogen-bond acceptors (Lipinski definition) is 6. The molecule has 3 N–H and O–H groups in total. The Morgan fingerprint density at radius 2 is 1.89 bits per heavy atom. The number of amides is 1. The van der Waals surface area contributed by atoms with Gasteiger partial charge in [0.1, 0.15) is 6.33 Å². The van der Waals surface area contributed by atoms with Crippen LogP contribution >= 0.6 is 11.3 Å². The standard InChI is InChI=1S/C24H17F3N6OS/c25-24(26,27)17-3-1-2-14(10-17)11-29-22-19-23(33(13-30-19)18-8-9-35-12-18)32-21(31-22)16-6-4-15(5-7-16)20(28)34/h1-10,12-13H,11H2,(H2,28,34)(H,29,31,32). The fourth-order valence-electron chi connectivity index (χ4n) is 3.56. The second kappa shape index (κ2) is 8.84. The van der Waals surface area contributed by atoms with E-state index in [1.54, 1.807) is 36.7 Å². The normalized spacial score (nSPS) is 11.6. The monoisotopic (exact) mass is 494 g/mol. The average Bonchev–Trinajstić information content (AvgIpc) is 3.52. The molecule has 3 aromatic heterocycles. The van der Waals surface area contributed by atoms with Crippen LogP contribution in [0.4, 0.5) is 19.0 Å². The van der Waals surface area contributed by atoms with Crippen molar-refractivity contribution in [3.8, 4) is 17.1 Å². The summed E-state index contributed by atoms with van der Waals surface area (Å²) in [5.41, 5.74) is 7.91. The summed E-state index contributed by atoms with van der Waals surface area (Å²) in [6.07, 6.45) is -2.81. The van der Waals surface area contributed by atoms with Crippen LogP contribution in [0.3, 0.4) is 0 Å². The Labute approximate surface area is 201 Å². The quantitative estimate of drug-likeness (QED) is 0.335. The van der Waals surface area contributed by atoms with Crippen LogP contribution in [0.25, 0.3) is 28.2 Å². The first-order valence-electron chi connectivity index (χ1n) is 10.4. The number of halogens is 3. The van der Waals surface area contributed by atoms with Crippen molar-refractivity contribution in [2.24, 2.45) is 5.73 Å². The molecule has 7 nitrogen and oxygen atoms in total. The Hall–Kier alpha value is -4.25. The van der Waals surface area contributed by atoms with Gasteiger partial charge in [0.05, 0.1) is 11.3 Å². The summed E-state index contributed by atoms with van der Waals surface area (Å²) < 4.78 is 41.2. The van der Waals surface area contributed by atoms with E-state index in [0.29, 0.717) is 39.5 Å². The van der Waals surface area contributed by atoms with Gasteiger partial charge in [-0.15, -0.1) is 0 Å². The molecule has 176 valence electrons. The summed E-state index contributed by atoms with van der Waals surface area (Å²) in [4.78, 5) is 25.2. The number of imidazole rings is 1. The molecular formula is C24H17F3N6OS. The molecular weight excluding hydrogens is 477 g/mol. The number of benzene rings is 2. The van der Waals surface area contributed by atoms with Gasteiger partial charge in [-0.3, -0.25) is 9.36 Å². The number of alkyl halides is 3. The molecule has 3 heterocycles. The summed E-state index contributed by atoms with van der Waals surface area (Å²) in [5, 5.41) is 6.99. The van der Waals surface area contributed by atoms with Crippen molar-refractivity contribution in [2.75, 3.05) is 5.32 Å². The molecule has 0 spiro atoms. The first-order valence-corrected chi connectivity index (χ1v) is 11.3. The minimum atomic E-state index is -4.43. The van der Waals surface area contributed by atoms with E-state index in [0.717, 1.165) is 17.8 Å². The molecule has 0 aliphatic carbocycles. The smallest absolute Gasteiger partial charge is 0.366 e. The van der Waals surface area contributed by atoms with E-state index in [1.807, 2.05) is 21.4 Å². The predicted octanol–water partition coefficient (Wildman–Crippen LogP) is 5.27. The number of carbonyl (C=O) groups excluding carboxylic acids is 1. The van der Waals surface area contributed by atoms with Crippen molar-refractivity contribution in [2.45, 2.75) is 12.7 Å². The predicted molar refractivity (Wildman–Crippen MR) is 127 cm³/mol. The number of nitrogens with two attached hydrogens (primary N) is 1. The number of aromatic nitrogens is 4. The zero-order chi connectivity index (χ0) is 24.6. The van der Waals surface area contributed by atoms with Gasteiger partial charge in [-0.05, 0) is 41.3 Å². The second-order valence-corrected chi connectivity index (χ2v) is 8.44. The minimum Gasteiger partial charge on any atom is -0.366 e. The van der Waals surface area contributed by atoms with Crippen molar-refractivity contribution in [1.29, 1.82) is 0 Å².